The molecule has 0 saturated carbocycles. The lowest BCUT2D eigenvalue weighted by Gasteiger charge is -2.26. The number of rotatable bonds is 12. The number of carboxylic acids is 1. The lowest BCUT2D eigenvalue weighted by atomic mass is 9.94. The summed E-state index contributed by atoms with van der Waals surface area (Å²) in [4.78, 5) is 36.3. The highest BCUT2D eigenvalue weighted by Gasteiger charge is 2.37. The second kappa shape index (κ2) is 13.6. The number of carbonyl (C=O) groups excluding carboxylic acids is 1. The van der Waals surface area contributed by atoms with Gasteiger partial charge in [-0.05, 0) is 62.7 Å². The molecule has 0 aromatic heterocycles. The van der Waals surface area contributed by atoms with Crippen molar-refractivity contribution in [2.24, 2.45) is 5.92 Å². The van der Waals surface area contributed by atoms with Gasteiger partial charge in [-0.2, -0.15) is 0 Å². The van der Waals surface area contributed by atoms with Gasteiger partial charge in [0.05, 0.1) is 13.0 Å². The predicted octanol–water partition coefficient (Wildman–Crippen LogP) is 4.17. The molecular formula is C24H32ClNO6. The number of likely N-dealkylation sites (N-methyl/N-ethyl adjacent to an activating group) is 1. The zero-order valence-corrected chi connectivity index (χ0v) is 19.8. The van der Waals surface area contributed by atoms with Crippen molar-refractivity contribution in [2.45, 2.75) is 38.6 Å². The molecule has 0 aliphatic carbocycles. The summed E-state index contributed by atoms with van der Waals surface area (Å²) in [5, 5.41) is 9.54. The molecule has 0 spiro atoms. The van der Waals surface area contributed by atoms with Crippen LogP contribution in [0.15, 0.2) is 48.5 Å². The molecule has 0 radical (unpaired) electrons. The van der Waals surface area contributed by atoms with Crippen LogP contribution in [0, 0.1) is 5.92 Å². The zero-order chi connectivity index (χ0) is 22.8. The van der Waals surface area contributed by atoms with Crippen molar-refractivity contribution in [3.05, 3.63) is 59.7 Å². The molecule has 0 aliphatic rings. The van der Waals surface area contributed by atoms with Crippen LogP contribution >= 0.6 is 12.4 Å². The number of ether oxygens (including phenoxy) is 1. The molecule has 0 aliphatic heterocycles. The third kappa shape index (κ3) is 7.73. The summed E-state index contributed by atoms with van der Waals surface area (Å²) in [6.07, 6.45) is 2.46. The van der Waals surface area contributed by atoms with Gasteiger partial charge >= 0.3 is 11.9 Å². The summed E-state index contributed by atoms with van der Waals surface area (Å²) in [6, 6.07) is 14.2. The molecule has 0 amide bonds. The van der Waals surface area contributed by atoms with Gasteiger partial charge in [0.1, 0.15) is 11.8 Å². The van der Waals surface area contributed by atoms with Crippen LogP contribution in [0.2, 0.25) is 0 Å². The third-order valence-electron chi connectivity index (χ3n) is 5.10. The fourth-order valence-corrected chi connectivity index (χ4v) is 3.51. The Morgan fingerprint density at radius 3 is 2.41 bits per heavy atom. The number of benzene rings is 2. The van der Waals surface area contributed by atoms with Gasteiger partial charge in [0.15, 0.2) is 5.75 Å². The number of para-hydroxylation sites is 1. The molecule has 0 saturated heterocycles. The molecule has 2 aromatic rings. The molecule has 8 heteroatoms. The molecular weight excluding hydrogens is 434 g/mol. The van der Waals surface area contributed by atoms with Crippen LogP contribution in [0.4, 0.5) is 0 Å². The van der Waals surface area contributed by atoms with Crippen molar-refractivity contribution in [2.75, 3.05) is 21.2 Å². The highest BCUT2D eigenvalue weighted by molar-refractivity contribution is 5.85. The Morgan fingerprint density at radius 2 is 1.78 bits per heavy atom. The number of aryl methyl sites for hydroxylation is 2. The van der Waals surface area contributed by atoms with Gasteiger partial charge in [0, 0.05) is 0 Å². The van der Waals surface area contributed by atoms with Crippen molar-refractivity contribution < 1.29 is 29.2 Å². The Balaban J connectivity index is 0.00000512. The molecule has 2 unspecified atom stereocenters. The van der Waals surface area contributed by atoms with E-state index in [-0.39, 0.29) is 12.4 Å². The maximum absolute atomic E-state index is 12.7. The van der Waals surface area contributed by atoms with Crippen LogP contribution < -0.4 is 9.62 Å². The predicted molar refractivity (Wildman–Crippen MR) is 124 cm³/mol. The minimum absolute atomic E-state index is 0. The smallest absolute Gasteiger partial charge is 0.360 e. The highest BCUT2D eigenvalue weighted by Crippen LogP contribution is 2.23. The topological polar surface area (TPSA) is 85.3 Å². The summed E-state index contributed by atoms with van der Waals surface area (Å²) >= 11 is 0. The van der Waals surface area contributed by atoms with Crippen LogP contribution in [0.5, 0.6) is 11.5 Å². The summed E-state index contributed by atoms with van der Waals surface area (Å²) < 4.78 is 5.26. The largest absolute Gasteiger partial charge is 0.497 e. The van der Waals surface area contributed by atoms with Gasteiger partial charge in [-0.25, -0.2) is 4.79 Å². The van der Waals surface area contributed by atoms with Gasteiger partial charge in [0.25, 0.3) is 0 Å². The monoisotopic (exact) mass is 465 g/mol. The molecule has 176 valence electrons. The SMILES string of the molecule is CCCC(C(=O)OOc1ccccc1CCc1cccc(OC)c1)C(C(=O)O)N(C)C.Cl. The van der Waals surface area contributed by atoms with Crippen LogP contribution in [0.25, 0.3) is 0 Å². The van der Waals surface area contributed by atoms with E-state index in [0.717, 1.165) is 23.3 Å². The number of hydrogen-bond donors (Lipinski definition) is 1. The Labute approximate surface area is 195 Å². The maximum Gasteiger partial charge on any atom is 0.360 e. The average Bonchev–Trinajstić information content (AvgIpc) is 2.75. The molecule has 2 rings (SSSR count). The Morgan fingerprint density at radius 1 is 1.06 bits per heavy atom. The van der Waals surface area contributed by atoms with Gasteiger partial charge in [-0.15, -0.1) is 12.4 Å². The van der Waals surface area contributed by atoms with E-state index in [1.807, 2.05) is 43.3 Å². The molecule has 0 heterocycles. The lowest BCUT2D eigenvalue weighted by molar-refractivity contribution is -0.221. The first-order chi connectivity index (χ1) is 14.9. The molecule has 1 N–H and O–H groups in total. The minimum Gasteiger partial charge on any atom is -0.497 e. The van der Waals surface area contributed by atoms with Gasteiger partial charge < -0.3 is 9.84 Å². The van der Waals surface area contributed by atoms with E-state index in [4.69, 9.17) is 14.5 Å². The van der Waals surface area contributed by atoms with E-state index in [2.05, 4.69) is 0 Å². The summed E-state index contributed by atoms with van der Waals surface area (Å²) in [5.74, 6) is -1.36. The lowest BCUT2D eigenvalue weighted by Crippen LogP contribution is -2.46. The van der Waals surface area contributed by atoms with Gasteiger partial charge in [0.2, 0.25) is 0 Å². The van der Waals surface area contributed by atoms with Gasteiger partial charge in [-0.3, -0.25) is 19.5 Å². The zero-order valence-electron chi connectivity index (χ0n) is 18.9. The number of hydrogen-bond acceptors (Lipinski definition) is 6. The number of carbonyl (C=O) groups is 2. The van der Waals surface area contributed by atoms with E-state index in [1.165, 1.54) is 4.90 Å². The first-order valence-electron chi connectivity index (χ1n) is 10.4. The highest BCUT2D eigenvalue weighted by atomic mass is 35.5. The molecule has 0 fully saturated rings. The van der Waals surface area contributed by atoms with Crippen molar-refractivity contribution in [1.82, 2.24) is 4.90 Å². The number of nitrogens with zero attached hydrogens (tertiary/aromatic N) is 1. The van der Waals surface area contributed by atoms with E-state index >= 15 is 0 Å². The quantitative estimate of drug-likeness (QED) is 0.372. The Bertz CT molecular complexity index is 873. The molecule has 2 atom stereocenters. The Kier molecular flexibility index (Phi) is 11.6. The second-order valence-corrected chi connectivity index (χ2v) is 7.59. The summed E-state index contributed by atoms with van der Waals surface area (Å²) in [7, 11) is 4.89. The minimum atomic E-state index is -1.07. The van der Waals surface area contributed by atoms with Crippen molar-refractivity contribution in [1.29, 1.82) is 0 Å². The van der Waals surface area contributed by atoms with Crippen LogP contribution in [-0.4, -0.2) is 49.2 Å². The maximum atomic E-state index is 12.7. The normalized spacial score (nSPS) is 12.4. The Hall–Kier alpha value is -2.77. The van der Waals surface area contributed by atoms with Gasteiger partial charge in [-0.1, -0.05) is 43.7 Å². The fraction of sp³-hybridized carbons (Fsp3) is 0.417. The van der Waals surface area contributed by atoms with Crippen molar-refractivity contribution in [3.8, 4) is 11.5 Å². The molecule has 0 bridgehead atoms. The number of carboxylic acid groups (broad SMARTS) is 1. The van der Waals surface area contributed by atoms with E-state index in [0.29, 0.717) is 25.0 Å². The van der Waals surface area contributed by atoms with E-state index < -0.39 is 23.9 Å². The fourth-order valence-electron chi connectivity index (χ4n) is 3.51. The average molecular weight is 466 g/mol. The summed E-state index contributed by atoms with van der Waals surface area (Å²) in [6.45, 7) is 1.89. The van der Waals surface area contributed by atoms with Crippen LogP contribution in [0.1, 0.15) is 30.9 Å². The van der Waals surface area contributed by atoms with E-state index in [1.54, 1.807) is 33.3 Å². The second-order valence-electron chi connectivity index (χ2n) is 7.59. The third-order valence-corrected chi connectivity index (χ3v) is 5.10. The van der Waals surface area contributed by atoms with Crippen LogP contribution in [0.3, 0.4) is 0 Å². The number of methoxy groups -OCH3 is 1. The van der Waals surface area contributed by atoms with Crippen LogP contribution in [-0.2, 0) is 27.3 Å². The molecule has 7 nitrogen and oxygen atoms in total. The first-order valence-corrected chi connectivity index (χ1v) is 10.4. The number of halogens is 1. The number of aliphatic carboxylic acids is 1. The molecule has 2 aromatic carbocycles. The molecule has 32 heavy (non-hydrogen) atoms. The van der Waals surface area contributed by atoms with Crippen molar-refractivity contribution >= 4 is 24.3 Å². The first kappa shape index (κ1) is 27.3. The van der Waals surface area contributed by atoms with Crippen molar-refractivity contribution in [3.63, 3.8) is 0 Å². The van der Waals surface area contributed by atoms with E-state index in [9.17, 15) is 14.7 Å². The standard InChI is InChI=1S/C24H31NO6.ClH/c1-5-9-20(22(23(26)27)25(2)3)24(28)31-30-21-13-7-6-11-18(21)15-14-17-10-8-12-19(16-17)29-4;/h6-8,10-13,16,20,22H,5,9,14-15H2,1-4H3,(H,26,27);1H. The summed E-state index contributed by atoms with van der Waals surface area (Å²) in [5.41, 5.74) is 2.00.